The van der Waals surface area contributed by atoms with Gasteiger partial charge in [-0.2, -0.15) is 0 Å². The molecule has 3 nitrogen and oxygen atoms in total. The molecule has 0 bridgehead atoms. The summed E-state index contributed by atoms with van der Waals surface area (Å²) >= 11 is 3.32. The van der Waals surface area contributed by atoms with Crippen LogP contribution in [0.15, 0.2) is 9.27 Å². The molecule has 16 heavy (non-hydrogen) atoms. The van der Waals surface area contributed by atoms with Gasteiger partial charge in [-0.25, -0.2) is 4.98 Å². The van der Waals surface area contributed by atoms with Gasteiger partial charge in [0.15, 0.2) is 0 Å². The summed E-state index contributed by atoms with van der Waals surface area (Å²) in [5.41, 5.74) is 0.839. The predicted molar refractivity (Wildman–Crippen MR) is 67.9 cm³/mol. The molecule has 88 valence electrons. The van der Waals surface area contributed by atoms with Crippen LogP contribution in [0, 0.1) is 0 Å². The highest BCUT2D eigenvalue weighted by Gasteiger charge is 2.21. The van der Waals surface area contributed by atoms with Crippen LogP contribution in [0.5, 0.6) is 0 Å². The van der Waals surface area contributed by atoms with Crippen molar-refractivity contribution in [1.29, 1.82) is 0 Å². The average Bonchev–Trinajstić information content (AvgIpc) is 2.74. The highest BCUT2D eigenvalue weighted by Crippen LogP contribution is 2.32. The van der Waals surface area contributed by atoms with Gasteiger partial charge in [-0.1, -0.05) is 26.7 Å². The minimum atomic E-state index is -0.0411. The number of aromatic nitrogens is 2. The number of nitrogens with one attached hydrogen (secondary N) is 1. The lowest BCUT2D eigenvalue weighted by molar-refractivity contribution is 0.645. The Hall–Kier alpha value is -0.640. The van der Waals surface area contributed by atoms with Gasteiger partial charge in [-0.15, -0.1) is 0 Å². The number of aromatic amines is 1. The molecule has 1 aromatic rings. The first-order chi connectivity index (χ1) is 7.59. The molecule has 1 fully saturated rings. The standard InChI is InChI=1S/C12H17BrN2O/c1-7(2)10-9(13)12(16)15-11(14-10)8-5-3-4-6-8/h7-8H,3-6H2,1-2H3,(H,14,15,16). The van der Waals surface area contributed by atoms with E-state index in [9.17, 15) is 4.79 Å². The van der Waals surface area contributed by atoms with Gasteiger partial charge in [0.1, 0.15) is 10.3 Å². The smallest absolute Gasteiger partial charge is 0.265 e. The van der Waals surface area contributed by atoms with Crippen molar-refractivity contribution in [2.45, 2.75) is 51.4 Å². The van der Waals surface area contributed by atoms with Gasteiger partial charge >= 0.3 is 0 Å². The number of rotatable bonds is 2. The molecule has 2 rings (SSSR count). The third-order valence-electron chi connectivity index (χ3n) is 3.20. The Bertz CT molecular complexity index is 433. The minimum absolute atomic E-state index is 0.0411. The summed E-state index contributed by atoms with van der Waals surface area (Å²) in [6.07, 6.45) is 4.81. The second-order valence-electron chi connectivity index (χ2n) is 4.79. The van der Waals surface area contributed by atoms with Crippen molar-refractivity contribution >= 4 is 15.9 Å². The molecule has 1 saturated carbocycles. The van der Waals surface area contributed by atoms with E-state index in [-0.39, 0.29) is 11.5 Å². The van der Waals surface area contributed by atoms with Crippen LogP contribution >= 0.6 is 15.9 Å². The van der Waals surface area contributed by atoms with E-state index in [1.165, 1.54) is 12.8 Å². The molecule has 0 aliphatic heterocycles. The van der Waals surface area contributed by atoms with Crippen LogP contribution in [-0.4, -0.2) is 9.97 Å². The molecule has 0 radical (unpaired) electrons. The molecule has 1 aliphatic carbocycles. The zero-order valence-corrected chi connectivity index (χ0v) is 11.3. The van der Waals surface area contributed by atoms with Crippen LogP contribution < -0.4 is 5.56 Å². The summed E-state index contributed by atoms with van der Waals surface area (Å²) in [6, 6.07) is 0. The molecular weight excluding hydrogens is 268 g/mol. The molecule has 1 aliphatic rings. The fourth-order valence-electron chi connectivity index (χ4n) is 2.27. The van der Waals surface area contributed by atoms with Crippen LogP contribution in [0.25, 0.3) is 0 Å². The Kier molecular flexibility index (Phi) is 3.47. The first-order valence-corrected chi connectivity index (χ1v) is 6.68. The highest BCUT2D eigenvalue weighted by atomic mass is 79.9. The van der Waals surface area contributed by atoms with Crippen molar-refractivity contribution in [3.8, 4) is 0 Å². The number of hydrogen-bond acceptors (Lipinski definition) is 2. The van der Waals surface area contributed by atoms with E-state index in [0.717, 1.165) is 24.4 Å². The second-order valence-corrected chi connectivity index (χ2v) is 5.58. The second kappa shape index (κ2) is 4.70. The predicted octanol–water partition coefficient (Wildman–Crippen LogP) is 3.31. The van der Waals surface area contributed by atoms with Gasteiger partial charge in [-0.3, -0.25) is 4.79 Å². The minimum Gasteiger partial charge on any atom is -0.309 e. The maximum Gasteiger partial charge on any atom is 0.265 e. The third kappa shape index (κ3) is 2.21. The van der Waals surface area contributed by atoms with Crippen molar-refractivity contribution < 1.29 is 0 Å². The normalized spacial score (nSPS) is 17.2. The van der Waals surface area contributed by atoms with Gasteiger partial charge in [-0.05, 0) is 34.7 Å². The molecular formula is C12H17BrN2O. The van der Waals surface area contributed by atoms with E-state index in [1.54, 1.807) is 0 Å². The van der Waals surface area contributed by atoms with E-state index in [1.807, 2.05) is 0 Å². The van der Waals surface area contributed by atoms with E-state index in [4.69, 9.17) is 0 Å². The summed E-state index contributed by atoms with van der Waals surface area (Å²) in [5.74, 6) is 1.62. The summed E-state index contributed by atoms with van der Waals surface area (Å²) in [6.45, 7) is 4.12. The van der Waals surface area contributed by atoms with Crippen molar-refractivity contribution in [2.24, 2.45) is 0 Å². The fraction of sp³-hybridized carbons (Fsp3) is 0.667. The Morgan fingerprint density at radius 2 is 2.00 bits per heavy atom. The Morgan fingerprint density at radius 1 is 1.38 bits per heavy atom. The maximum absolute atomic E-state index is 11.8. The Morgan fingerprint density at radius 3 is 2.56 bits per heavy atom. The Labute approximate surface area is 104 Å². The van der Waals surface area contributed by atoms with E-state index >= 15 is 0 Å². The van der Waals surface area contributed by atoms with Gasteiger partial charge < -0.3 is 4.98 Å². The molecule has 0 unspecified atom stereocenters. The number of H-pyrrole nitrogens is 1. The van der Waals surface area contributed by atoms with Crippen molar-refractivity contribution in [3.63, 3.8) is 0 Å². The number of hydrogen-bond donors (Lipinski definition) is 1. The van der Waals surface area contributed by atoms with Crippen LogP contribution in [0.1, 0.15) is 62.9 Å². The van der Waals surface area contributed by atoms with Gasteiger partial charge in [0.05, 0.1) is 5.69 Å². The zero-order chi connectivity index (χ0) is 11.7. The quantitative estimate of drug-likeness (QED) is 0.906. The first-order valence-electron chi connectivity index (χ1n) is 5.89. The topological polar surface area (TPSA) is 45.8 Å². The molecule has 1 aromatic heterocycles. The number of halogens is 1. The van der Waals surface area contributed by atoms with Crippen LogP contribution in [0.2, 0.25) is 0 Å². The molecule has 4 heteroatoms. The van der Waals surface area contributed by atoms with E-state index in [2.05, 4.69) is 39.7 Å². The lowest BCUT2D eigenvalue weighted by Crippen LogP contribution is -2.17. The fourth-order valence-corrected chi connectivity index (χ4v) is 2.92. The lowest BCUT2D eigenvalue weighted by Gasteiger charge is -2.12. The summed E-state index contributed by atoms with van der Waals surface area (Å²) < 4.78 is 0.587. The molecule has 0 atom stereocenters. The van der Waals surface area contributed by atoms with Crippen molar-refractivity contribution in [1.82, 2.24) is 9.97 Å². The highest BCUT2D eigenvalue weighted by molar-refractivity contribution is 9.10. The summed E-state index contributed by atoms with van der Waals surface area (Å²) in [7, 11) is 0. The molecule has 0 saturated heterocycles. The third-order valence-corrected chi connectivity index (χ3v) is 3.96. The monoisotopic (exact) mass is 284 g/mol. The SMILES string of the molecule is CC(C)c1nc(C2CCCC2)[nH]c(=O)c1Br. The maximum atomic E-state index is 11.8. The molecule has 0 amide bonds. The van der Waals surface area contributed by atoms with Crippen molar-refractivity contribution in [2.75, 3.05) is 0 Å². The first kappa shape index (κ1) is 11.8. The van der Waals surface area contributed by atoms with Gasteiger partial charge in [0, 0.05) is 5.92 Å². The van der Waals surface area contributed by atoms with Crippen LogP contribution in [0.3, 0.4) is 0 Å². The lowest BCUT2D eigenvalue weighted by atomic mass is 10.1. The largest absolute Gasteiger partial charge is 0.309 e. The molecule has 0 aromatic carbocycles. The van der Waals surface area contributed by atoms with Gasteiger partial charge in [0.25, 0.3) is 5.56 Å². The van der Waals surface area contributed by atoms with Gasteiger partial charge in [0.2, 0.25) is 0 Å². The molecule has 1 N–H and O–H groups in total. The van der Waals surface area contributed by atoms with Crippen molar-refractivity contribution in [3.05, 3.63) is 26.3 Å². The molecule has 0 spiro atoms. The van der Waals surface area contributed by atoms with Crippen LogP contribution in [0.4, 0.5) is 0 Å². The summed E-state index contributed by atoms with van der Waals surface area (Å²) in [4.78, 5) is 19.3. The Balaban J connectivity index is 2.43. The van der Waals surface area contributed by atoms with Crippen LogP contribution in [-0.2, 0) is 0 Å². The zero-order valence-electron chi connectivity index (χ0n) is 9.72. The summed E-state index contributed by atoms with van der Waals surface area (Å²) in [5, 5.41) is 0. The van der Waals surface area contributed by atoms with E-state index < -0.39 is 0 Å². The average molecular weight is 285 g/mol. The van der Waals surface area contributed by atoms with E-state index in [0.29, 0.717) is 10.4 Å². The molecule has 1 heterocycles. The number of nitrogens with zero attached hydrogens (tertiary/aromatic N) is 1.